The monoisotopic (exact) mass is 367 g/mol. The molecule has 0 unspecified atom stereocenters. The van der Waals surface area contributed by atoms with Crippen LogP contribution in [0.2, 0.25) is 0 Å². The van der Waals surface area contributed by atoms with Crippen LogP contribution in [0.15, 0.2) is 35.8 Å². The zero-order valence-electron chi connectivity index (χ0n) is 15.4. The number of amides is 1. The first-order valence-corrected chi connectivity index (χ1v) is 9.68. The summed E-state index contributed by atoms with van der Waals surface area (Å²) in [6.45, 7) is 12.6. The van der Waals surface area contributed by atoms with E-state index in [1.165, 1.54) is 24.3 Å². The van der Waals surface area contributed by atoms with Gasteiger partial charge in [-0.2, -0.15) is 0 Å². The number of hydrogen-bond donors (Lipinski definition) is 1. The summed E-state index contributed by atoms with van der Waals surface area (Å²) in [6.07, 6.45) is 2.40. The van der Waals surface area contributed by atoms with Crippen LogP contribution in [-0.4, -0.2) is 14.3 Å². The van der Waals surface area contributed by atoms with Crippen molar-refractivity contribution in [2.45, 2.75) is 52.9 Å². The third-order valence-electron chi connectivity index (χ3n) is 3.91. The number of carbonyl (C=O) groups is 1. The molecule has 0 fully saturated rings. The molecule has 0 aliphatic carbocycles. The van der Waals surface area contributed by atoms with E-state index in [4.69, 9.17) is 0 Å². The molecule has 0 saturated carbocycles. The quantitative estimate of drug-likeness (QED) is 0.736. The minimum Gasteiger partial charge on any atom is -0.274 e. The van der Waals surface area contributed by atoms with Crippen LogP contribution in [0.5, 0.6) is 0 Å². The van der Waals surface area contributed by atoms with Gasteiger partial charge in [-0.3, -0.25) is 4.79 Å². The van der Waals surface area contributed by atoms with Gasteiger partial charge in [-0.05, 0) is 53.7 Å². The van der Waals surface area contributed by atoms with Gasteiger partial charge in [0.25, 0.3) is 10.0 Å². The number of sulfonamides is 1. The number of rotatable bonds is 7. The summed E-state index contributed by atoms with van der Waals surface area (Å²) in [7, 11) is -3.95. The lowest BCUT2D eigenvalue weighted by molar-refractivity contribution is -0.118. The highest BCUT2D eigenvalue weighted by Gasteiger charge is 2.22. The van der Waals surface area contributed by atoms with E-state index in [1.807, 2.05) is 27.7 Å². The van der Waals surface area contributed by atoms with E-state index in [9.17, 15) is 17.6 Å². The molecular weight excluding hydrogens is 341 g/mol. The molecular formula is C19H26FNO3S. The predicted octanol–water partition coefficient (Wildman–Crippen LogP) is 4.15. The van der Waals surface area contributed by atoms with E-state index in [0.29, 0.717) is 16.7 Å². The number of nitrogens with one attached hydrogen (secondary N) is 1. The van der Waals surface area contributed by atoms with Crippen molar-refractivity contribution < 1.29 is 17.6 Å². The van der Waals surface area contributed by atoms with Crippen LogP contribution in [0.3, 0.4) is 0 Å². The second-order valence-electron chi connectivity index (χ2n) is 6.47. The SMILES string of the molecule is C=C/C(=C\C)S(=O)(=O)NC(=O)Cc1c(C(C)C)cc(F)cc1C(C)C. The Morgan fingerprint density at radius 2 is 1.68 bits per heavy atom. The maximum atomic E-state index is 13.9. The van der Waals surface area contributed by atoms with E-state index in [2.05, 4.69) is 11.3 Å². The van der Waals surface area contributed by atoms with Crippen molar-refractivity contribution in [3.63, 3.8) is 0 Å². The zero-order valence-corrected chi connectivity index (χ0v) is 16.2. The highest BCUT2D eigenvalue weighted by atomic mass is 32.2. The van der Waals surface area contributed by atoms with Gasteiger partial charge in [-0.1, -0.05) is 40.3 Å². The first-order valence-electron chi connectivity index (χ1n) is 8.20. The molecule has 6 heteroatoms. The first kappa shape index (κ1) is 21.1. The van der Waals surface area contributed by atoms with Crippen LogP contribution in [0.25, 0.3) is 0 Å². The number of benzene rings is 1. The average Bonchev–Trinajstić information content (AvgIpc) is 2.48. The normalized spacial score (nSPS) is 12.6. The highest BCUT2D eigenvalue weighted by molar-refractivity contribution is 7.94. The van der Waals surface area contributed by atoms with Gasteiger partial charge in [0.1, 0.15) is 5.82 Å². The summed E-state index contributed by atoms with van der Waals surface area (Å²) in [5.41, 5.74) is 2.11. The third-order valence-corrected chi connectivity index (χ3v) is 5.43. The van der Waals surface area contributed by atoms with E-state index >= 15 is 0 Å². The Balaban J connectivity index is 3.26. The van der Waals surface area contributed by atoms with Crippen LogP contribution in [0.4, 0.5) is 4.39 Å². The van der Waals surface area contributed by atoms with Crippen LogP contribution >= 0.6 is 0 Å². The van der Waals surface area contributed by atoms with Crippen molar-refractivity contribution in [3.05, 3.63) is 58.3 Å². The lowest BCUT2D eigenvalue weighted by atomic mass is 9.87. The molecule has 0 bridgehead atoms. The summed E-state index contributed by atoms with van der Waals surface area (Å²) in [5.74, 6) is -0.998. The molecule has 1 amide bonds. The summed E-state index contributed by atoms with van der Waals surface area (Å²) in [4.78, 5) is 12.3. The Labute approximate surface area is 149 Å². The molecule has 4 nitrogen and oxygen atoms in total. The molecule has 1 aromatic rings. The van der Waals surface area contributed by atoms with E-state index < -0.39 is 15.9 Å². The summed E-state index contributed by atoms with van der Waals surface area (Å²) in [6, 6.07) is 2.82. The predicted molar refractivity (Wildman–Crippen MR) is 99.3 cm³/mol. The fraction of sp³-hybridized carbons (Fsp3) is 0.421. The van der Waals surface area contributed by atoms with Gasteiger partial charge in [0.2, 0.25) is 5.91 Å². The fourth-order valence-corrected chi connectivity index (χ4v) is 3.72. The van der Waals surface area contributed by atoms with Crippen molar-refractivity contribution in [2.75, 3.05) is 0 Å². The molecule has 1 N–H and O–H groups in total. The maximum absolute atomic E-state index is 13.9. The Morgan fingerprint density at radius 3 is 2.04 bits per heavy atom. The minimum absolute atomic E-state index is 0.00637. The van der Waals surface area contributed by atoms with E-state index in [0.717, 1.165) is 0 Å². The second kappa shape index (κ2) is 8.43. The maximum Gasteiger partial charge on any atom is 0.263 e. The van der Waals surface area contributed by atoms with Crippen molar-refractivity contribution >= 4 is 15.9 Å². The number of halogens is 1. The summed E-state index contributed by atoms with van der Waals surface area (Å²) >= 11 is 0. The average molecular weight is 367 g/mol. The van der Waals surface area contributed by atoms with Crippen LogP contribution < -0.4 is 4.72 Å². The van der Waals surface area contributed by atoms with E-state index in [1.54, 1.807) is 6.92 Å². The Morgan fingerprint density at radius 1 is 1.20 bits per heavy atom. The van der Waals surface area contributed by atoms with Crippen LogP contribution in [0, 0.1) is 5.82 Å². The molecule has 0 aliphatic heterocycles. The third kappa shape index (κ3) is 5.26. The minimum atomic E-state index is -3.95. The van der Waals surface area contributed by atoms with Gasteiger partial charge >= 0.3 is 0 Å². The Hall–Kier alpha value is -1.95. The lowest BCUT2D eigenvalue weighted by Gasteiger charge is -2.20. The van der Waals surface area contributed by atoms with Gasteiger partial charge in [-0.25, -0.2) is 17.5 Å². The van der Waals surface area contributed by atoms with Crippen LogP contribution in [-0.2, 0) is 21.2 Å². The molecule has 138 valence electrons. The number of carbonyl (C=O) groups excluding carboxylic acids is 1. The molecule has 0 heterocycles. The first-order chi connectivity index (χ1) is 11.5. The second-order valence-corrected chi connectivity index (χ2v) is 8.16. The van der Waals surface area contributed by atoms with Gasteiger partial charge in [0, 0.05) is 0 Å². The molecule has 1 aromatic carbocycles. The highest BCUT2D eigenvalue weighted by Crippen LogP contribution is 2.29. The van der Waals surface area contributed by atoms with Crippen molar-refractivity contribution in [1.82, 2.24) is 4.72 Å². The summed E-state index contributed by atoms with van der Waals surface area (Å²) in [5, 5.41) is 0. The molecule has 0 aromatic heterocycles. The molecule has 1 rings (SSSR count). The number of allylic oxidation sites excluding steroid dienone is 2. The topological polar surface area (TPSA) is 63.2 Å². The van der Waals surface area contributed by atoms with Crippen LogP contribution in [0.1, 0.15) is 63.1 Å². The van der Waals surface area contributed by atoms with Gasteiger partial charge in [0.05, 0.1) is 11.3 Å². The van der Waals surface area contributed by atoms with E-state index in [-0.39, 0.29) is 29.0 Å². The molecule has 0 saturated heterocycles. The summed E-state index contributed by atoms with van der Waals surface area (Å²) < 4.78 is 40.3. The van der Waals surface area contributed by atoms with Gasteiger partial charge < -0.3 is 0 Å². The van der Waals surface area contributed by atoms with Gasteiger partial charge in [0.15, 0.2) is 0 Å². The van der Waals surface area contributed by atoms with Gasteiger partial charge in [-0.15, -0.1) is 0 Å². The zero-order chi connectivity index (χ0) is 19.4. The fourth-order valence-electron chi connectivity index (χ4n) is 2.70. The lowest BCUT2D eigenvalue weighted by Crippen LogP contribution is -2.33. The van der Waals surface area contributed by atoms with Crippen molar-refractivity contribution in [2.24, 2.45) is 0 Å². The Bertz CT molecular complexity index is 764. The van der Waals surface area contributed by atoms with Crippen molar-refractivity contribution in [1.29, 1.82) is 0 Å². The standard InChI is InChI=1S/C19H26FNO3S/c1-7-15(8-2)25(23,24)21-19(22)11-18-16(12(3)4)9-14(20)10-17(18)13(5)6/h7-10,12-13H,1,11H2,2-6H3,(H,21,22)/b15-8+. The molecule has 0 radical (unpaired) electrons. The largest absolute Gasteiger partial charge is 0.274 e. The number of hydrogen-bond acceptors (Lipinski definition) is 3. The Kier molecular flexibility index (Phi) is 7.11. The smallest absolute Gasteiger partial charge is 0.263 e. The molecule has 0 spiro atoms. The molecule has 0 atom stereocenters. The van der Waals surface area contributed by atoms with Crippen molar-refractivity contribution in [3.8, 4) is 0 Å². The molecule has 0 aliphatic rings. The molecule has 25 heavy (non-hydrogen) atoms.